The first-order valence-corrected chi connectivity index (χ1v) is 46.5. The van der Waals surface area contributed by atoms with Gasteiger partial charge in [0.25, 0.3) is 0 Å². The Morgan fingerprint density at radius 3 is 0.738 bits per heavy atom. The van der Waals surface area contributed by atoms with E-state index in [0.717, 1.165) is 108 Å². The fraction of sp³-hybridized carbons (Fsp3) is 0.952. The summed E-state index contributed by atoms with van der Waals surface area (Å²) in [5.74, 6) is -0.436. The molecule has 3 N–H and O–H groups in total. The molecule has 103 heavy (non-hydrogen) atoms. The van der Waals surface area contributed by atoms with Gasteiger partial charge in [0.1, 0.15) is 19.3 Å². The number of ether oxygens (including phenoxy) is 4. The third-order valence-corrected chi connectivity index (χ3v) is 22.0. The zero-order valence-electron chi connectivity index (χ0n) is 67.6. The molecular weight excluding hydrogens is 1340 g/mol. The molecule has 6 atom stereocenters. The van der Waals surface area contributed by atoms with Gasteiger partial charge < -0.3 is 33.8 Å². The van der Waals surface area contributed by atoms with Crippen molar-refractivity contribution in [1.29, 1.82) is 0 Å². The molecule has 0 aliphatic heterocycles. The van der Waals surface area contributed by atoms with E-state index in [1.54, 1.807) is 0 Å². The van der Waals surface area contributed by atoms with Gasteiger partial charge in [0.15, 0.2) is 12.2 Å². The number of phosphoric ester groups is 2. The van der Waals surface area contributed by atoms with Crippen LogP contribution in [0, 0.1) is 11.8 Å². The zero-order valence-corrected chi connectivity index (χ0v) is 69.4. The second-order valence-corrected chi connectivity index (χ2v) is 33.8. The van der Waals surface area contributed by atoms with Crippen LogP contribution in [0.2, 0.25) is 0 Å². The molecule has 3 unspecified atom stereocenters. The molecule has 19 heteroatoms. The molecule has 0 fully saturated rings. The Morgan fingerprint density at radius 2 is 0.495 bits per heavy atom. The largest absolute Gasteiger partial charge is 0.472 e. The number of hydrogen-bond donors (Lipinski definition) is 3. The standard InChI is InChI=1S/C84H164O17P2/c1-7-10-12-14-16-18-19-20-21-27-34-39-44-50-56-62-68-83(88)100-79(72-94-81(86)66-60-54-48-17-15-13-11-8-2)74-98-102(90,91)96-70-78(85)71-97-103(92,93)99-75-80(73-95-82(87)67-61-55-49-43-38-33-30-29-31-36-41-46-52-58-64-76(4)5)101-84(89)69-63-57-51-45-40-35-28-25-23-22-24-26-32-37-42-47-53-59-65-77(6)9-3/h76-80,85H,7-75H2,1-6H3,(H,90,91)(H,92,93)/t77?,78-,79+,80+/m0/s1. The van der Waals surface area contributed by atoms with E-state index in [4.69, 9.17) is 37.0 Å². The number of rotatable bonds is 83. The molecule has 0 aromatic heterocycles. The van der Waals surface area contributed by atoms with Crippen LogP contribution in [0.5, 0.6) is 0 Å². The molecule has 0 aliphatic rings. The number of phosphoric acid groups is 2. The third kappa shape index (κ3) is 76.6. The normalized spacial score (nSPS) is 14.1. The summed E-state index contributed by atoms with van der Waals surface area (Å²) in [6.07, 6.45) is 66.6. The molecule has 0 saturated heterocycles. The molecule has 0 aromatic rings. The molecule has 0 saturated carbocycles. The molecule has 0 rings (SSSR count). The first kappa shape index (κ1) is 101. The van der Waals surface area contributed by atoms with E-state index < -0.39 is 97.5 Å². The van der Waals surface area contributed by atoms with Gasteiger partial charge in [-0.05, 0) is 37.5 Å². The lowest BCUT2D eigenvalue weighted by molar-refractivity contribution is -0.161. The predicted molar refractivity (Wildman–Crippen MR) is 423 cm³/mol. The Balaban J connectivity index is 5.19. The van der Waals surface area contributed by atoms with Gasteiger partial charge in [0.05, 0.1) is 26.4 Å². The summed E-state index contributed by atoms with van der Waals surface area (Å²) in [7, 11) is -9.92. The molecule has 0 radical (unpaired) electrons. The monoisotopic (exact) mass is 1510 g/mol. The Morgan fingerprint density at radius 1 is 0.282 bits per heavy atom. The highest BCUT2D eigenvalue weighted by atomic mass is 31.2. The van der Waals surface area contributed by atoms with Crippen molar-refractivity contribution in [2.45, 2.75) is 464 Å². The molecule has 0 bridgehead atoms. The van der Waals surface area contributed by atoms with Crippen molar-refractivity contribution in [2.75, 3.05) is 39.6 Å². The zero-order chi connectivity index (χ0) is 75.6. The second-order valence-electron chi connectivity index (χ2n) is 30.9. The second kappa shape index (κ2) is 75.5. The summed E-state index contributed by atoms with van der Waals surface area (Å²) >= 11 is 0. The van der Waals surface area contributed by atoms with Gasteiger partial charge in [-0.15, -0.1) is 0 Å². The summed E-state index contributed by atoms with van der Waals surface area (Å²) in [5.41, 5.74) is 0. The first-order chi connectivity index (χ1) is 49.9. The summed E-state index contributed by atoms with van der Waals surface area (Å²) < 4.78 is 68.7. The van der Waals surface area contributed by atoms with Crippen LogP contribution in [-0.2, 0) is 65.4 Å². The molecular formula is C84H164O17P2. The molecule has 17 nitrogen and oxygen atoms in total. The highest BCUT2D eigenvalue weighted by Gasteiger charge is 2.30. The van der Waals surface area contributed by atoms with Crippen LogP contribution in [0.4, 0.5) is 0 Å². The van der Waals surface area contributed by atoms with Gasteiger partial charge in [-0.3, -0.25) is 37.3 Å². The van der Waals surface area contributed by atoms with Crippen molar-refractivity contribution < 1.29 is 80.2 Å². The number of carbonyl (C=O) groups is 4. The van der Waals surface area contributed by atoms with E-state index in [1.165, 1.54) is 257 Å². The lowest BCUT2D eigenvalue weighted by atomic mass is 9.99. The highest BCUT2D eigenvalue weighted by molar-refractivity contribution is 7.47. The maximum Gasteiger partial charge on any atom is 0.472 e. The van der Waals surface area contributed by atoms with Gasteiger partial charge >= 0.3 is 39.5 Å². The molecule has 0 aromatic carbocycles. The lowest BCUT2D eigenvalue weighted by Crippen LogP contribution is -2.30. The molecule has 0 heterocycles. The van der Waals surface area contributed by atoms with Crippen LogP contribution < -0.4 is 0 Å². The molecule has 612 valence electrons. The van der Waals surface area contributed by atoms with Crippen molar-refractivity contribution in [3.8, 4) is 0 Å². The third-order valence-electron chi connectivity index (χ3n) is 20.1. The van der Waals surface area contributed by atoms with E-state index in [9.17, 15) is 43.2 Å². The summed E-state index contributed by atoms with van der Waals surface area (Å²) in [4.78, 5) is 73.0. The predicted octanol–water partition coefficient (Wildman–Crippen LogP) is 25.5. The van der Waals surface area contributed by atoms with Gasteiger partial charge in [-0.1, -0.05) is 395 Å². The van der Waals surface area contributed by atoms with E-state index >= 15 is 0 Å². The number of esters is 4. The summed E-state index contributed by atoms with van der Waals surface area (Å²) in [6, 6.07) is 0. The maximum absolute atomic E-state index is 13.1. The van der Waals surface area contributed by atoms with Crippen molar-refractivity contribution in [3.05, 3.63) is 0 Å². The van der Waals surface area contributed by atoms with Crippen molar-refractivity contribution >= 4 is 39.5 Å². The number of unbranched alkanes of at least 4 members (excludes halogenated alkanes) is 52. The van der Waals surface area contributed by atoms with Gasteiger partial charge in [-0.25, -0.2) is 9.13 Å². The van der Waals surface area contributed by atoms with Crippen LogP contribution in [0.25, 0.3) is 0 Å². The fourth-order valence-corrected chi connectivity index (χ4v) is 14.6. The van der Waals surface area contributed by atoms with E-state index in [2.05, 4.69) is 41.5 Å². The van der Waals surface area contributed by atoms with Crippen molar-refractivity contribution in [2.24, 2.45) is 11.8 Å². The van der Waals surface area contributed by atoms with Crippen LogP contribution in [-0.4, -0.2) is 96.7 Å². The van der Waals surface area contributed by atoms with E-state index in [1.807, 2.05) is 0 Å². The minimum Gasteiger partial charge on any atom is -0.462 e. The lowest BCUT2D eigenvalue weighted by Gasteiger charge is -2.21. The van der Waals surface area contributed by atoms with Crippen LogP contribution in [0.15, 0.2) is 0 Å². The van der Waals surface area contributed by atoms with E-state index in [0.29, 0.717) is 25.7 Å². The Kier molecular flexibility index (Phi) is 74.1. The Labute approximate surface area is 632 Å². The number of aliphatic hydroxyl groups is 1. The first-order valence-electron chi connectivity index (χ1n) is 43.5. The van der Waals surface area contributed by atoms with Crippen LogP contribution in [0.3, 0.4) is 0 Å². The maximum atomic E-state index is 13.1. The Hall–Kier alpha value is -1.94. The van der Waals surface area contributed by atoms with Gasteiger partial charge in [0.2, 0.25) is 0 Å². The average molecular weight is 1510 g/mol. The molecule has 0 aliphatic carbocycles. The topological polar surface area (TPSA) is 237 Å². The number of aliphatic hydroxyl groups excluding tert-OH is 1. The smallest absolute Gasteiger partial charge is 0.462 e. The Bertz CT molecular complexity index is 1980. The minimum atomic E-state index is -4.96. The number of carbonyl (C=O) groups excluding carboxylic acids is 4. The van der Waals surface area contributed by atoms with Gasteiger partial charge in [-0.2, -0.15) is 0 Å². The van der Waals surface area contributed by atoms with Gasteiger partial charge in [0, 0.05) is 25.7 Å². The van der Waals surface area contributed by atoms with Crippen molar-refractivity contribution in [3.63, 3.8) is 0 Å². The van der Waals surface area contributed by atoms with E-state index in [-0.39, 0.29) is 25.7 Å². The average Bonchev–Trinajstić information content (AvgIpc) is 0.977. The summed E-state index contributed by atoms with van der Waals surface area (Å²) in [5, 5.41) is 10.6. The number of hydrogen-bond acceptors (Lipinski definition) is 15. The SMILES string of the molecule is CCCCCCCCCCCCCCCCCCC(=O)O[C@H](COC(=O)CCCCCCCCCC)COP(=O)(O)OC[C@H](O)COP(=O)(O)OC[C@@H](COC(=O)CCCCCCCCCCCCCCCCC(C)C)OC(=O)CCCCCCCCCCCCCCCCCCCCC(C)CC. The van der Waals surface area contributed by atoms with Crippen LogP contribution >= 0.6 is 15.6 Å². The van der Waals surface area contributed by atoms with Crippen molar-refractivity contribution in [1.82, 2.24) is 0 Å². The quantitative estimate of drug-likeness (QED) is 0.0222. The summed E-state index contributed by atoms with van der Waals surface area (Å²) in [6.45, 7) is 9.72. The fourth-order valence-electron chi connectivity index (χ4n) is 13.0. The highest BCUT2D eigenvalue weighted by Crippen LogP contribution is 2.45. The molecule has 0 amide bonds. The van der Waals surface area contributed by atoms with Crippen LogP contribution in [0.1, 0.15) is 446 Å². The molecule has 0 spiro atoms. The minimum absolute atomic E-state index is 0.108.